The van der Waals surface area contributed by atoms with E-state index in [0.717, 1.165) is 54.7 Å². The van der Waals surface area contributed by atoms with Gasteiger partial charge in [-0.2, -0.15) is 0 Å². The molecule has 3 N–H and O–H groups in total. The topological polar surface area (TPSA) is 117 Å². The summed E-state index contributed by atoms with van der Waals surface area (Å²) in [7, 11) is 3.78. The van der Waals surface area contributed by atoms with Gasteiger partial charge in [-0.3, -0.25) is 0 Å². The molecular formula is C31H33FN8O3S. The van der Waals surface area contributed by atoms with Crippen molar-refractivity contribution in [2.75, 3.05) is 69.4 Å². The summed E-state index contributed by atoms with van der Waals surface area (Å²) < 4.78 is 26.1. The van der Waals surface area contributed by atoms with Gasteiger partial charge < -0.3 is 35.2 Å². The Balaban J connectivity index is 1.12. The van der Waals surface area contributed by atoms with Crippen molar-refractivity contribution in [2.24, 2.45) is 0 Å². The van der Waals surface area contributed by atoms with Gasteiger partial charge in [0.1, 0.15) is 18.0 Å². The van der Waals surface area contributed by atoms with Crippen LogP contribution in [-0.4, -0.2) is 84.3 Å². The van der Waals surface area contributed by atoms with E-state index in [0.29, 0.717) is 45.9 Å². The number of hydrogen-bond donors (Lipinski definition) is 3. The van der Waals surface area contributed by atoms with Crippen LogP contribution >= 0.6 is 11.3 Å². The molecule has 1 fully saturated rings. The highest BCUT2D eigenvalue weighted by Crippen LogP contribution is 2.36. The second-order valence-electron chi connectivity index (χ2n) is 10.5. The van der Waals surface area contributed by atoms with Crippen molar-refractivity contribution in [3.8, 4) is 11.5 Å². The third kappa shape index (κ3) is 7.13. The van der Waals surface area contributed by atoms with Crippen molar-refractivity contribution < 1.29 is 18.7 Å². The maximum atomic E-state index is 13.4. The van der Waals surface area contributed by atoms with Crippen LogP contribution in [0.25, 0.3) is 21.1 Å². The number of urea groups is 1. The first-order chi connectivity index (χ1) is 21.4. The first kappa shape index (κ1) is 29.5. The van der Waals surface area contributed by atoms with E-state index >= 15 is 0 Å². The molecule has 1 aliphatic heterocycles. The molecule has 2 aromatic heterocycles. The SMILES string of the molecule is COc1cc2c(Nc3nc4ccc(NC(=O)Nc5cccc(F)c5)cc4s3)ncnc2cc1OCCCN1CCN(C)CC1. The smallest absolute Gasteiger partial charge is 0.323 e. The van der Waals surface area contributed by atoms with E-state index in [4.69, 9.17) is 9.47 Å². The van der Waals surface area contributed by atoms with Crippen molar-refractivity contribution in [1.82, 2.24) is 24.8 Å². The fourth-order valence-corrected chi connectivity index (χ4v) is 5.90. The fourth-order valence-electron chi connectivity index (χ4n) is 4.99. The summed E-state index contributed by atoms with van der Waals surface area (Å²) in [6, 6.07) is 14.4. The largest absolute Gasteiger partial charge is 0.493 e. The van der Waals surface area contributed by atoms with Gasteiger partial charge in [-0.15, -0.1) is 0 Å². The second kappa shape index (κ2) is 13.4. The zero-order chi connectivity index (χ0) is 30.5. The number of nitrogens with zero attached hydrogens (tertiary/aromatic N) is 5. The number of piperazine rings is 1. The minimum absolute atomic E-state index is 0.362. The van der Waals surface area contributed by atoms with E-state index < -0.39 is 11.8 Å². The summed E-state index contributed by atoms with van der Waals surface area (Å²) in [5, 5.41) is 10.1. The zero-order valence-electron chi connectivity index (χ0n) is 24.5. The molecule has 1 aliphatic rings. The van der Waals surface area contributed by atoms with Crippen molar-refractivity contribution >= 4 is 60.8 Å². The molecule has 3 heterocycles. The van der Waals surface area contributed by atoms with Crippen molar-refractivity contribution in [1.29, 1.82) is 0 Å². The summed E-state index contributed by atoms with van der Waals surface area (Å²) in [5.41, 5.74) is 2.42. The van der Waals surface area contributed by atoms with Crippen LogP contribution in [-0.2, 0) is 0 Å². The summed E-state index contributed by atoms with van der Waals surface area (Å²) >= 11 is 1.42. The molecule has 13 heteroatoms. The number of rotatable bonds is 10. The van der Waals surface area contributed by atoms with Crippen LogP contribution < -0.4 is 25.4 Å². The van der Waals surface area contributed by atoms with Crippen molar-refractivity contribution in [2.45, 2.75) is 6.42 Å². The van der Waals surface area contributed by atoms with Crippen LogP contribution in [0.1, 0.15) is 6.42 Å². The number of benzene rings is 3. The molecule has 0 spiro atoms. The number of carbonyl (C=O) groups excluding carboxylic acids is 1. The molecule has 228 valence electrons. The highest BCUT2D eigenvalue weighted by molar-refractivity contribution is 7.22. The lowest BCUT2D eigenvalue weighted by molar-refractivity contribution is 0.145. The van der Waals surface area contributed by atoms with Crippen LogP contribution in [0.4, 0.5) is 31.5 Å². The molecule has 6 rings (SSSR count). The standard InChI is InChI=1S/C31H33FN8O3S/c1-39-10-12-40(13-11-39)9-4-14-43-27-18-25-23(17-26(27)42-2)29(34-19-33-25)38-31-37-24-8-7-22(16-28(24)44-31)36-30(41)35-21-6-3-5-20(32)15-21/h3,5-8,15-19H,4,9-14H2,1-2H3,(H2,35,36,41)(H,33,34,37,38). The monoisotopic (exact) mass is 616 g/mol. The first-order valence-electron chi connectivity index (χ1n) is 14.3. The van der Waals surface area contributed by atoms with Crippen molar-refractivity contribution in [3.05, 3.63) is 66.7 Å². The van der Waals surface area contributed by atoms with Gasteiger partial charge in [0.15, 0.2) is 16.6 Å². The number of halogens is 1. The number of methoxy groups -OCH3 is 1. The van der Waals surface area contributed by atoms with E-state index in [1.54, 1.807) is 19.2 Å². The molecule has 1 saturated heterocycles. The van der Waals surface area contributed by atoms with Gasteiger partial charge in [0.05, 0.1) is 29.5 Å². The second-order valence-corrected chi connectivity index (χ2v) is 11.5. The number of aromatic nitrogens is 3. The predicted molar refractivity (Wildman–Crippen MR) is 172 cm³/mol. The molecule has 0 atom stereocenters. The maximum absolute atomic E-state index is 13.4. The van der Waals surface area contributed by atoms with E-state index in [-0.39, 0.29) is 0 Å². The Morgan fingerprint density at radius 3 is 2.59 bits per heavy atom. The van der Waals surface area contributed by atoms with Gasteiger partial charge in [-0.1, -0.05) is 17.4 Å². The quantitative estimate of drug-likeness (QED) is 0.168. The number of ether oxygens (including phenoxy) is 2. The predicted octanol–water partition coefficient (Wildman–Crippen LogP) is 5.79. The minimum Gasteiger partial charge on any atom is -0.493 e. The molecule has 2 amide bonds. The highest BCUT2D eigenvalue weighted by Gasteiger charge is 2.16. The number of thiazole rings is 1. The number of fused-ring (bicyclic) bond motifs is 2. The lowest BCUT2D eigenvalue weighted by atomic mass is 10.2. The lowest BCUT2D eigenvalue weighted by Crippen LogP contribution is -2.44. The molecule has 3 aromatic carbocycles. The van der Waals surface area contributed by atoms with Crippen LogP contribution in [0.3, 0.4) is 0 Å². The average Bonchev–Trinajstić information content (AvgIpc) is 3.41. The number of anilines is 4. The van der Waals surface area contributed by atoms with Crippen molar-refractivity contribution in [3.63, 3.8) is 0 Å². The van der Waals surface area contributed by atoms with Crippen LogP contribution in [0.2, 0.25) is 0 Å². The van der Waals surface area contributed by atoms with E-state index in [9.17, 15) is 9.18 Å². The maximum Gasteiger partial charge on any atom is 0.323 e. The Morgan fingerprint density at radius 1 is 0.977 bits per heavy atom. The Labute approximate surface area is 258 Å². The van der Waals surface area contributed by atoms with E-state index in [1.807, 2.05) is 24.3 Å². The highest BCUT2D eigenvalue weighted by atomic mass is 32.1. The van der Waals surface area contributed by atoms with E-state index in [2.05, 4.69) is 47.7 Å². The van der Waals surface area contributed by atoms with Crippen LogP contribution in [0, 0.1) is 5.82 Å². The average molecular weight is 617 g/mol. The summed E-state index contributed by atoms with van der Waals surface area (Å²) in [6.07, 6.45) is 2.43. The Hall–Kier alpha value is -4.59. The number of hydrogen-bond acceptors (Lipinski definition) is 10. The molecule has 44 heavy (non-hydrogen) atoms. The first-order valence-corrected chi connectivity index (χ1v) is 15.1. The molecule has 0 unspecified atom stereocenters. The summed E-state index contributed by atoms with van der Waals surface area (Å²) in [5.74, 6) is 1.41. The van der Waals surface area contributed by atoms with E-state index in [1.165, 1.54) is 35.9 Å². The third-order valence-corrected chi connectivity index (χ3v) is 8.28. The fraction of sp³-hybridized carbons (Fsp3) is 0.290. The third-order valence-electron chi connectivity index (χ3n) is 7.35. The van der Waals surface area contributed by atoms with Crippen LogP contribution in [0.15, 0.2) is 60.9 Å². The molecule has 0 radical (unpaired) electrons. The molecule has 5 aromatic rings. The zero-order valence-corrected chi connectivity index (χ0v) is 25.3. The van der Waals surface area contributed by atoms with Gasteiger partial charge in [0, 0.05) is 55.6 Å². The van der Waals surface area contributed by atoms with Gasteiger partial charge >= 0.3 is 6.03 Å². The van der Waals surface area contributed by atoms with Gasteiger partial charge in [0.2, 0.25) is 0 Å². The molecule has 0 aliphatic carbocycles. The molecule has 11 nitrogen and oxygen atoms in total. The summed E-state index contributed by atoms with van der Waals surface area (Å²) in [4.78, 5) is 30.8. The number of nitrogens with one attached hydrogen (secondary N) is 3. The number of amides is 2. The Kier molecular flexibility index (Phi) is 8.96. The number of likely N-dealkylation sites (N-methyl/N-ethyl adjacent to an activating group) is 1. The lowest BCUT2D eigenvalue weighted by Gasteiger charge is -2.32. The minimum atomic E-state index is -0.474. The normalized spacial score (nSPS) is 14.1. The van der Waals surface area contributed by atoms with Gasteiger partial charge in [-0.25, -0.2) is 24.1 Å². The summed E-state index contributed by atoms with van der Waals surface area (Å²) in [6.45, 7) is 5.96. The Bertz CT molecular complexity index is 1780. The van der Waals surface area contributed by atoms with Crippen LogP contribution in [0.5, 0.6) is 11.5 Å². The molecule has 0 bridgehead atoms. The van der Waals surface area contributed by atoms with Gasteiger partial charge in [0.25, 0.3) is 0 Å². The van der Waals surface area contributed by atoms with Gasteiger partial charge in [-0.05, 0) is 55.9 Å². The molecule has 0 saturated carbocycles. The molecular weight excluding hydrogens is 583 g/mol. The Morgan fingerprint density at radius 2 is 1.80 bits per heavy atom. The number of carbonyl (C=O) groups is 1.